The quantitative estimate of drug-likeness (QED) is 0.821. The molecule has 0 aliphatic carbocycles. The van der Waals surface area contributed by atoms with Crippen molar-refractivity contribution in [3.8, 4) is 0 Å². The predicted molar refractivity (Wildman–Crippen MR) is 53.3 cm³/mol. The zero-order valence-electron chi connectivity index (χ0n) is 6.16. The highest BCUT2D eigenvalue weighted by atomic mass is 79.9. The molecule has 2 nitrogen and oxygen atoms in total. The van der Waals surface area contributed by atoms with Crippen molar-refractivity contribution in [1.82, 2.24) is 0 Å². The van der Waals surface area contributed by atoms with Gasteiger partial charge in [-0.25, -0.2) is 4.79 Å². The van der Waals surface area contributed by atoms with Gasteiger partial charge in [0, 0.05) is 5.33 Å². The van der Waals surface area contributed by atoms with Crippen LogP contribution in [0.25, 0.3) is 0 Å². The largest absolute Gasteiger partial charge is 0.478 e. The third kappa shape index (κ3) is 2.50. The van der Waals surface area contributed by atoms with Crippen LogP contribution >= 0.6 is 28.3 Å². The molecule has 0 unspecified atom stereocenters. The lowest BCUT2D eigenvalue weighted by Crippen LogP contribution is -1.99. The van der Waals surface area contributed by atoms with Crippen molar-refractivity contribution in [3.63, 3.8) is 0 Å². The van der Waals surface area contributed by atoms with Gasteiger partial charge in [-0.1, -0.05) is 34.1 Å². The second-order valence-corrected chi connectivity index (χ2v) is 2.66. The van der Waals surface area contributed by atoms with Crippen LogP contribution in [0.5, 0.6) is 0 Å². The lowest BCUT2D eigenvalue weighted by atomic mass is 10.1. The molecule has 0 bridgehead atoms. The topological polar surface area (TPSA) is 37.3 Å². The molecule has 0 fully saturated rings. The van der Waals surface area contributed by atoms with Gasteiger partial charge in [0.25, 0.3) is 0 Å². The number of hydrogen-bond donors (Lipinski definition) is 1. The van der Waals surface area contributed by atoms with E-state index < -0.39 is 5.97 Å². The fraction of sp³-hybridized carbons (Fsp3) is 0.125. The van der Waals surface area contributed by atoms with Crippen LogP contribution in [0.2, 0.25) is 0 Å². The average molecular weight is 252 g/mol. The molecule has 1 aromatic carbocycles. The number of halogens is 2. The van der Waals surface area contributed by atoms with Crippen molar-refractivity contribution in [3.05, 3.63) is 35.4 Å². The lowest BCUT2D eigenvalue weighted by molar-refractivity contribution is 0.0696. The first-order valence-electron chi connectivity index (χ1n) is 3.13. The molecule has 0 aromatic heterocycles. The summed E-state index contributed by atoms with van der Waals surface area (Å²) in [4.78, 5) is 10.6. The Morgan fingerprint density at radius 2 is 2.00 bits per heavy atom. The van der Waals surface area contributed by atoms with E-state index in [0.29, 0.717) is 10.9 Å². The first kappa shape index (κ1) is 11.5. The summed E-state index contributed by atoms with van der Waals surface area (Å²) >= 11 is 3.21. The van der Waals surface area contributed by atoms with Crippen molar-refractivity contribution in [2.45, 2.75) is 5.33 Å². The molecule has 1 N–H and O–H groups in total. The lowest BCUT2D eigenvalue weighted by Gasteiger charge is -1.99. The second-order valence-electron chi connectivity index (χ2n) is 2.10. The molecule has 0 radical (unpaired) electrons. The van der Waals surface area contributed by atoms with Crippen LogP contribution in [0.1, 0.15) is 15.9 Å². The number of carbonyl (C=O) groups is 1. The van der Waals surface area contributed by atoms with Crippen molar-refractivity contribution in [2.24, 2.45) is 0 Å². The van der Waals surface area contributed by atoms with Crippen LogP contribution < -0.4 is 0 Å². The van der Waals surface area contributed by atoms with Gasteiger partial charge < -0.3 is 5.11 Å². The molecule has 0 aliphatic heterocycles. The number of carboxylic acids is 1. The SMILES string of the molecule is Cl.O=C(O)c1ccccc1CBr. The Hall–Kier alpha value is -0.540. The molecule has 1 aromatic rings. The highest BCUT2D eigenvalue weighted by molar-refractivity contribution is 9.08. The van der Waals surface area contributed by atoms with Crippen LogP contribution in [0, 0.1) is 0 Å². The molecular formula is C8H8BrClO2. The third-order valence-electron chi connectivity index (χ3n) is 1.39. The van der Waals surface area contributed by atoms with Crippen LogP contribution in [-0.2, 0) is 5.33 Å². The van der Waals surface area contributed by atoms with E-state index in [-0.39, 0.29) is 12.4 Å². The van der Waals surface area contributed by atoms with Gasteiger partial charge in [-0.2, -0.15) is 0 Å². The molecule has 12 heavy (non-hydrogen) atoms. The Morgan fingerprint density at radius 3 is 2.42 bits per heavy atom. The molecule has 0 spiro atoms. The van der Waals surface area contributed by atoms with Gasteiger partial charge in [0.1, 0.15) is 0 Å². The molecule has 0 atom stereocenters. The first-order chi connectivity index (χ1) is 5.25. The highest BCUT2D eigenvalue weighted by Crippen LogP contribution is 2.11. The molecule has 0 saturated carbocycles. The molecule has 0 aliphatic rings. The fourth-order valence-corrected chi connectivity index (χ4v) is 1.33. The predicted octanol–water partition coefficient (Wildman–Crippen LogP) is 2.70. The van der Waals surface area contributed by atoms with Gasteiger partial charge in [-0.05, 0) is 11.6 Å². The molecule has 66 valence electrons. The minimum Gasteiger partial charge on any atom is -0.478 e. The number of carboxylic acid groups (broad SMARTS) is 1. The number of benzene rings is 1. The molecule has 0 saturated heterocycles. The minimum atomic E-state index is -0.875. The fourth-order valence-electron chi connectivity index (χ4n) is 0.845. The minimum absolute atomic E-state index is 0. The maximum absolute atomic E-state index is 10.6. The molecular weight excluding hydrogens is 243 g/mol. The van der Waals surface area contributed by atoms with Crippen molar-refractivity contribution >= 4 is 34.3 Å². The van der Waals surface area contributed by atoms with E-state index in [1.165, 1.54) is 0 Å². The Bertz CT molecular complexity index is 276. The monoisotopic (exact) mass is 250 g/mol. The van der Waals surface area contributed by atoms with Gasteiger partial charge >= 0.3 is 5.97 Å². The maximum atomic E-state index is 10.6. The van der Waals surface area contributed by atoms with E-state index in [4.69, 9.17) is 5.11 Å². The Morgan fingerprint density at radius 1 is 1.42 bits per heavy atom. The summed E-state index contributed by atoms with van der Waals surface area (Å²) in [5.74, 6) is -0.875. The van der Waals surface area contributed by atoms with E-state index in [0.717, 1.165) is 5.56 Å². The Labute approximate surface area is 85.1 Å². The average Bonchev–Trinajstić information content (AvgIpc) is 2.04. The normalized spacial score (nSPS) is 8.75. The molecule has 0 heterocycles. The van der Waals surface area contributed by atoms with E-state index in [2.05, 4.69) is 15.9 Å². The van der Waals surface area contributed by atoms with E-state index in [9.17, 15) is 4.79 Å². The van der Waals surface area contributed by atoms with Crippen molar-refractivity contribution in [2.75, 3.05) is 0 Å². The highest BCUT2D eigenvalue weighted by Gasteiger charge is 2.06. The summed E-state index contributed by atoms with van der Waals surface area (Å²) in [5, 5.41) is 9.25. The van der Waals surface area contributed by atoms with Gasteiger partial charge in [0.2, 0.25) is 0 Å². The molecule has 1 rings (SSSR count). The summed E-state index contributed by atoms with van der Waals surface area (Å²) in [6.45, 7) is 0. The summed E-state index contributed by atoms with van der Waals surface area (Å²) in [7, 11) is 0. The maximum Gasteiger partial charge on any atom is 0.335 e. The van der Waals surface area contributed by atoms with Gasteiger partial charge in [-0.15, -0.1) is 12.4 Å². The van der Waals surface area contributed by atoms with Crippen LogP contribution in [0.4, 0.5) is 0 Å². The third-order valence-corrected chi connectivity index (χ3v) is 2.00. The van der Waals surface area contributed by atoms with Crippen LogP contribution in [0.3, 0.4) is 0 Å². The van der Waals surface area contributed by atoms with E-state index >= 15 is 0 Å². The first-order valence-corrected chi connectivity index (χ1v) is 4.25. The summed E-state index contributed by atoms with van der Waals surface area (Å²) in [5.41, 5.74) is 1.17. The number of aromatic carboxylic acids is 1. The van der Waals surface area contributed by atoms with Crippen LogP contribution in [0.15, 0.2) is 24.3 Å². The van der Waals surface area contributed by atoms with Crippen molar-refractivity contribution in [1.29, 1.82) is 0 Å². The second kappa shape index (κ2) is 5.17. The van der Waals surface area contributed by atoms with Crippen LogP contribution in [-0.4, -0.2) is 11.1 Å². The smallest absolute Gasteiger partial charge is 0.335 e. The number of alkyl halides is 1. The molecule has 0 amide bonds. The Kier molecular flexibility index (Phi) is 4.93. The van der Waals surface area contributed by atoms with Gasteiger partial charge in [-0.3, -0.25) is 0 Å². The summed E-state index contributed by atoms with van der Waals surface area (Å²) < 4.78 is 0. The number of hydrogen-bond acceptors (Lipinski definition) is 1. The summed E-state index contributed by atoms with van der Waals surface area (Å²) in [6, 6.07) is 6.93. The Balaban J connectivity index is 0.00000121. The van der Waals surface area contributed by atoms with Crippen molar-refractivity contribution < 1.29 is 9.90 Å². The van der Waals surface area contributed by atoms with Gasteiger partial charge in [0.15, 0.2) is 0 Å². The van der Waals surface area contributed by atoms with E-state index in [1.54, 1.807) is 18.2 Å². The number of rotatable bonds is 2. The zero-order chi connectivity index (χ0) is 8.27. The summed E-state index contributed by atoms with van der Waals surface area (Å²) in [6.07, 6.45) is 0. The zero-order valence-corrected chi connectivity index (χ0v) is 8.56. The molecule has 4 heteroatoms. The van der Waals surface area contributed by atoms with Gasteiger partial charge in [0.05, 0.1) is 5.56 Å². The standard InChI is InChI=1S/C8H7BrO2.ClH/c9-5-6-3-1-2-4-7(6)8(10)11;/h1-4H,5H2,(H,10,11);1H. The van der Waals surface area contributed by atoms with E-state index in [1.807, 2.05) is 6.07 Å².